The second-order valence-corrected chi connectivity index (χ2v) is 8.32. The van der Waals surface area contributed by atoms with E-state index in [1.807, 2.05) is 33.0 Å². The molecule has 3 heterocycles. The predicted molar refractivity (Wildman–Crippen MR) is 109 cm³/mol. The van der Waals surface area contributed by atoms with Crippen LogP contribution in [0.25, 0.3) is 0 Å². The van der Waals surface area contributed by atoms with Gasteiger partial charge in [-0.25, -0.2) is 0 Å². The van der Waals surface area contributed by atoms with Crippen molar-refractivity contribution < 1.29 is 14.1 Å². The molecule has 10 nitrogen and oxygen atoms in total. The van der Waals surface area contributed by atoms with Gasteiger partial charge in [-0.2, -0.15) is 10.2 Å². The lowest BCUT2D eigenvalue weighted by atomic mass is 9.86. The number of aromatic nitrogens is 4. The molecule has 3 rings (SSSR count). The summed E-state index contributed by atoms with van der Waals surface area (Å²) >= 11 is 0. The van der Waals surface area contributed by atoms with Gasteiger partial charge in [-0.05, 0) is 37.5 Å². The largest absolute Gasteiger partial charge is 0.454 e. The van der Waals surface area contributed by atoms with Gasteiger partial charge < -0.3 is 9.73 Å². The number of nitrogens with zero attached hydrogens (tertiary/aromatic N) is 5. The van der Waals surface area contributed by atoms with Crippen LogP contribution in [0.5, 0.6) is 0 Å². The van der Waals surface area contributed by atoms with E-state index in [0.29, 0.717) is 23.7 Å². The van der Waals surface area contributed by atoms with Crippen LogP contribution in [0.1, 0.15) is 48.5 Å². The molecule has 0 saturated carbocycles. The average Bonchev–Trinajstić information content (AvgIpc) is 3.35. The summed E-state index contributed by atoms with van der Waals surface area (Å²) in [6.45, 7) is 10.1. The summed E-state index contributed by atoms with van der Waals surface area (Å²) in [7, 11) is 0. The monoisotopic (exact) mass is 414 g/mol. The maximum absolute atomic E-state index is 12.8. The lowest BCUT2D eigenvalue weighted by Crippen LogP contribution is -2.46. The maximum Gasteiger partial charge on any atom is 0.312 e. The lowest BCUT2D eigenvalue weighted by molar-refractivity contribution is -0.386. The van der Waals surface area contributed by atoms with E-state index >= 15 is 0 Å². The van der Waals surface area contributed by atoms with E-state index in [9.17, 15) is 14.9 Å². The van der Waals surface area contributed by atoms with Crippen molar-refractivity contribution in [2.24, 2.45) is 5.41 Å². The molecule has 0 bridgehead atoms. The Hall–Kier alpha value is -3.43. The molecule has 0 aliphatic rings. The summed E-state index contributed by atoms with van der Waals surface area (Å²) in [5.41, 5.74) is 0.575. The number of aryl methyl sites for hydroxylation is 1. The molecule has 0 aliphatic carbocycles. The molecule has 0 aliphatic heterocycles. The molecule has 0 fully saturated rings. The fraction of sp³-hybridized carbons (Fsp3) is 0.450. The standard InChI is InChI=1S/C20H26N6O4/c1-13-18(26(28)29)14(2)25(23-13)11-15-7-8-16(30-15)19(27)22-17(20(3,4)5)12-24-10-6-9-21-24/h6-10,17H,11-12H2,1-5H3,(H,22,27). The summed E-state index contributed by atoms with van der Waals surface area (Å²) in [4.78, 5) is 23.5. The molecule has 1 unspecified atom stereocenters. The molecule has 0 saturated heterocycles. The van der Waals surface area contributed by atoms with Gasteiger partial charge in [0, 0.05) is 12.4 Å². The van der Waals surface area contributed by atoms with Gasteiger partial charge in [-0.15, -0.1) is 0 Å². The summed E-state index contributed by atoms with van der Waals surface area (Å²) < 4.78 is 8.98. The minimum atomic E-state index is -0.443. The SMILES string of the molecule is Cc1nn(Cc2ccc(C(=O)NC(Cn3cccn3)C(C)(C)C)o2)c(C)c1[N+](=O)[O-]. The summed E-state index contributed by atoms with van der Waals surface area (Å²) in [6.07, 6.45) is 3.55. The van der Waals surface area contributed by atoms with Crippen LogP contribution in [0.2, 0.25) is 0 Å². The van der Waals surface area contributed by atoms with E-state index in [2.05, 4.69) is 15.5 Å². The van der Waals surface area contributed by atoms with Crippen molar-refractivity contribution in [3.05, 3.63) is 63.6 Å². The molecule has 3 aromatic rings. The second kappa shape index (κ2) is 8.13. The zero-order valence-corrected chi connectivity index (χ0v) is 17.7. The van der Waals surface area contributed by atoms with Crippen molar-refractivity contribution in [1.29, 1.82) is 0 Å². The van der Waals surface area contributed by atoms with Crippen LogP contribution < -0.4 is 5.32 Å². The second-order valence-electron chi connectivity index (χ2n) is 8.32. The highest BCUT2D eigenvalue weighted by atomic mass is 16.6. The first-order valence-corrected chi connectivity index (χ1v) is 9.61. The van der Waals surface area contributed by atoms with Crippen molar-refractivity contribution in [2.45, 2.75) is 53.8 Å². The quantitative estimate of drug-likeness (QED) is 0.468. The lowest BCUT2D eigenvalue weighted by Gasteiger charge is -2.31. The average molecular weight is 414 g/mol. The Balaban J connectivity index is 1.73. The van der Waals surface area contributed by atoms with Crippen LogP contribution in [0.15, 0.2) is 35.0 Å². The molecule has 30 heavy (non-hydrogen) atoms. The maximum atomic E-state index is 12.8. The van der Waals surface area contributed by atoms with Crippen molar-refractivity contribution >= 4 is 11.6 Å². The minimum Gasteiger partial charge on any atom is -0.454 e. The smallest absolute Gasteiger partial charge is 0.312 e. The van der Waals surface area contributed by atoms with Crippen LogP contribution in [0.3, 0.4) is 0 Å². The Kier molecular flexibility index (Phi) is 5.77. The van der Waals surface area contributed by atoms with Crippen LogP contribution in [-0.2, 0) is 13.1 Å². The highest BCUT2D eigenvalue weighted by molar-refractivity contribution is 5.91. The third-order valence-electron chi connectivity index (χ3n) is 5.00. The van der Waals surface area contributed by atoms with E-state index in [4.69, 9.17) is 4.42 Å². The highest BCUT2D eigenvalue weighted by Crippen LogP contribution is 2.24. The number of hydrogen-bond donors (Lipinski definition) is 1. The van der Waals surface area contributed by atoms with E-state index < -0.39 is 4.92 Å². The first kappa shape index (κ1) is 21.3. The normalized spacial score (nSPS) is 12.7. The zero-order chi connectivity index (χ0) is 22.1. The first-order chi connectivity index (χ1) is 14.1. The zero-order valence-electron chi connectivity index (χ0n) is 17.7. The Labute approximate surface area is 174 Å². The van der Waals surface area contributed by atoms with Crippen LogP contribution in [-0.4, -0.2) is 36.4 Å². The predicted octanol–water partition coefficient (Wildman–Crippen LogP) is 3.09. The van der Waals surface area contributed by atoms with Gasteiger partial charge in [0.25, 0.3) is 5.91 Å². The number of carbonyl (C=O) groups excluding carboxylic acids is 1. The van der Waals surface area contributed by atoms with Gasteiger partial charge >= 0.3 is 5.69 Å². The summed E-state index contributed by atoms with van der Waals surface area (Å²) in [6, 6.07) is 4.94. The number of hydrogen-bond acceptors (Lipinski definition) is 6. The number of rotatable bonds is 7. The Morgan fingerprint density at radius 3 is 2.63 bits per heavy atom. The fourth-order valence-corrected chi connectivity index (χ4v) is 3.20. The molecule has 160 valence electrons. The van der Waals surface area contributed by atoms with Crippen molar-refractivity contribution in [2.75, 3.05) is 0 Å². The molecule has 1 amide bonds. The highest BCUT2D eigenvalue weighted by Gasteiger charge is 2.28. The molecular weight excluding hydrogens is 388 g/mol. The first-order valence-electron chi connectivity index (χ1n) is 9.61. The molecule has 3 aromatic heterocycles. The van der Waals surface area contributed by atoms with E-state index in [0.717, 1.165) is 0 Å². The number of nitrogens with one attached hydrogen (secondary N) is 1. The number of furan rings is 1. The van der Waals surface area contributed by atoms with Crippen LogP contribution >= 0.6 is 0 Å². The molecule has 1 atom stereocenters. The third kappa shape index (κ3) is 4.58. The number of amides is 1. The van der Waals surface area contributed by atoms with E-state index in [-0.39, 0.29) is 35.4 Å². The Morgan fingerprint density at radius 2 is 2.07 bits per heavy atom. The topological polar surface area (TPSA) is 121 Å². The number of nitro groups is 1. The fourth-order valence-electron chi connectivity index (χ4n) is 3.20. The van der Waals surface area contributed by atoms with Crippen molar-refractivity contribution in [1.82, 2.24) is 24.9 Å². The van der Waals surface area contributed by atoms with Crippen LogP contribution in [0, 0.1) is 29.4 Å². The van der Waals surface area contributed by atoms with Gasteiger partial charge in [0.05, 0.1) is 24.1 Å². The summed E-state index contributed by atoms with van der Waals surface area (Å²) in [5.74, 6) is 0.337. The van der Waals surface area contributed by atoms with Gasteiger partial charge in [0.2, 0.25) is 0 Å². The van der Waals surface area contributed by atoms with E-state index in [1.54, 1.807) is 36.9 Å². The summed E-state index contributed by atoms with van der Waals surface area (Å²) in [5, 5.41) is 22.6. The van der Waals surface area contributed by atoms with Crippen molar-refractivity contribution in [3.63, 3.8) is 0 Å². The molecule has 0 radical (unpaired) electrons. The molecular formula is C20H26N6O4. The van der Waals surface area contributed by atoms with Gasteiger partial charge in [0.15, 0.2) is 5.76 Å². The Morgan fingerprint density at radius 1 is 1.33 bits per heavy atom. The minimum absolute atomic E-state index is 0.00818. The molecule has 0 aromatic carbocycles. The van der Waals surface area contributed by atoms with E-state index in [1.165, 1.54) is 4.68 Å². The molecule has 0 spiro atoms. The van der Waals surface area contributed by atoms with Gasteiger partial charge in [-0.3, -0.25) is 24.3 Å². The van der Waals surface area contributed by atoms with Crippen molar-refractivity contribution in [3.8, 4) is 0 Å². The van der Waals surface area contributed by atoms with Gasteiger partial charge in [-0.1, -0.05) is 20.8 Å². The van der Waals surface area contributed by atoms with Gasteiger partial charge in [0.1, 0.15) is 17.1 Å². The molecule has 10 heteroatoms. The number of carbonyl (C=O) groups is 1. The third-order valence-corrected chi connectivity index (χ3v) is 5.00. The Bertz CT molecular complexity index is 1040. The molecule has 1 N–H and O–H groups in total. The van der Waals surface area contributed by atoms with Crippen LogP contribution in [0.4, 0.5) is 5.69 Å².